The first kappa shape index (κ1) is 14.4. The van der Waals surface area contributed by atoms with E-state index in [0.29, 0.717) is 41.4 Å². The molecule has 3 N–H and O–H groups in total. The molecule has 0 bridgehead atoms. The third-order valence-corrected chi connectivity index (χ3v) is 4.05. The highest BCUT2D eigenvalue weighted by Gasteiger charge is 2.27. The van der Waals surface area contributed by atoms with Crippen LogP contribution in [0.2, 0.25) is 0 Å². The summed E-state index contributed by atoms with van der Waals surface area (Å²) in [5.41, 5.74) is 1.95. The molecular weight excluding hydrogens is 316 g/mol. The number of aromatic amines is 1. The molecule has 0 aliphatic carbocycles. The van der Waals surface area contributed by atoms with Crippen LogP contribution >= 0.6 is 0 Å². The quantitative estimate of drug-likeness (QED) is 0.767. The van der Waals surface area contributed by atoms with Crippen LogP contribution in [0, 0.1) is 0 Å². The van der Waals surface area contributed by atoms with Gasteiger partial charge in [-0.15, -0.1) is 0 Å². The molecule has 0 unspecified atom stereocenters. The summed E-state index contributed by atoms with van der Waals surface area (Å²) >= 11 is 0. The number of nitrogens with zero attached hydrogens (tertiary/aromatic N) is 2. The van der Waals surface area contributed by atoms with Crippen LogP contribution in [0.5, 0.6) is 11.5 Å². The first-order chi connectivity index (χ1) is 11.6. The summed E-state index contributed by atoms with van der Waals surface area (Å²) in [7, 11) is 0. The highest BCUT2D eigenvalue weighted by molar-refractivity contribution is 5.90. The van der Waals surface area contributed by atoms with Crippen molar-refractivity contribution in [3.05, 3.63) is 35.2 Å². The number of carbonyl (C=O) groups is 2. The summed E-state index contributed by atoms with van der Waals surface area (Å²) in [5.74, 6) is 0.174. The maximum absolute atomic E-state index is 12.4. The minimum absolute atomic E-state index is 0.0285. The number of hydrogen-bond acceptors (Lipinski definition) is 5. The van der Waals surface area contributed by atoms with E-state index in [9.17, 15) is 9.59 Å². The summed E-state index contributed by atoms with van der Waals surface area (Å²) in [6.07, 6.45) is 0.446. The maximum Gasteiger partial charge on any atom is 0.356 e. The number of amides is 2. The van der Waals surface area contributed by atoms with E-state index in [2.05, 4.69) is 15.5 Å². The Morgan fingerprint density at radius 2 is 2.12 bits per heavy atom. The monoisotopic (exact) mass is 330 g/mol. The number of fused-ring (bicyclic) bond motifs is 2. The van der Waals surface area contributed by atoms with Crippen molar-refractivity contribution in [2.24, 2.45) is 0 Å². The first-order valence-corrected chi connectivity index (χ1v) is 7.37. The zero-order valence-corrected chi connectivity index (χ0v) is 12.5. The van der Waals surface area contributed by atoms with Crippen molar-refractivity contribution in [2.75, 3.05) is 18.7 Å². The van der Waals surface area contributed by atoms with Gasteiger partial charge in [-0.25, -0.2) is 9.59 Å². The number of urea groups is 1. The molecule has 2 amide bonds. The van der Waals surface area contributed by atoms with Gasteiger partial charge < -0.3 is 24.8 Å². The molecule has 3 heterocycles. The molecule has 2 aromatic rings. The van der Waals surface area contributed by atoms with Gasteiger partial charge in [0.1, 0.15) is 0 Å². The van der Waals surface area contributed by atoms with Crippen LogP contribution in [0.3, 0.4) is 0 Å². The lowest BCUT2D eigenvalue weighted by Gasteiger charge is -2.26. The summed E-state index contributed by atoms with van der Waals surface area (Å²) < 4.78 is 10.5. The highest BCUT2D eigenvalue weighted by atomic mass is 16.7. The van der Waals surface area contributed by atoms with Crippen molar-refractivity contribution in [3.8, 4) is 11.5 Å². The highest BCUT2D eigenvalue weighted by Crippen LogP contribution is 2.34. The normalized spacial score (nSPS) is 15.1. The molecule has 0 atom stereocenters. The van der Waals surface area contributed by atoms with Gasteiger partial charge in [0.05, 0.1) is 12.2 Å². The lowest BCUT2D eigenvalue weighted by Crippen LogP contribution is -2.39. The second-order valence-corrected chi connectivity index (χ2v) is 5.50. The lowest BCUT2D eigenvalue weighted by atomic mass is 10.0. The van der Waals surface area contributed by atoms with E-state index in [-0.39, 0.29) is 25.1 Å². The Balaban J connectivity index is 1.46. The molecule has 1 aromatic heterocycles. The van der Waals surface area contributed by atoms with Gasteiger partial charge >= 0.3 is 12.0 Å². The van der Waals surface area contributed by atoms with Crippen LogP contribution < -0.4 is 14.8 Å². The molecule has 0 saturated heterocycles. The zero-order chi connectivity index (χ0) is 16.7. The van der Waals surface area contributed by atoms with E-state index in [1.807, 2.05) is 0 Å². The van der Waals surface area contributed by atoms with E-state index >= 15 is 0 Å². The van der Waals surface area contributed by atoms with Crippen LogP contribution in [0.25, 0.3) is 0 Å². The number of carbonyl (C=O) groups excluding carboxylic acids is 1. The Bertz CT molecular complexity index is 831. The zero-order valence-electron chi connectivity index (χ0n) is 12.5. The summed E-state index contributed by atoms with van der Waals surface area (Å²) in [5, 5.41) is 18.4. The van der Waals surface area contributed by atoms with Crippen molar-refractivity contribution in [2.45, 2.75) is 13.0 Å². The number of carboxylic acid groups (broad SMARTS) is 1. The number of carboxylic acids is 1. The molecule has 124 valence electrons. The van der Waals surface area contributed by atoms with E-state index in [4.69, 9.17) is 14.6 Å². The molecular formula is C15H14N4O5. The molecule has 4 rings (SSSR count). The molecule has 24 heavy (non-hydrogen) atoms. The van der Waals surface area contributed by atoms with Gasteiger partial charge in [0.15, 0.2) is 17.2 Å². The fourth-order valence-electron chi connectivity index (χ4n) is 2.85. The van der Waals surface area contributed by atoms with Crippen LogP contribution in [0.15, 0.2) is 18.2 Å². The van der Waals surface area contributed by atoms with E-state index in [1.165, 1.54) is 0 Å². The Morgan fingerprint density at radius 1 is 1.29 bits per heavy atom. The van der Waals surface area contributed by atoms with Crippen molar-refractivity contribution in [3.63, 3.8) is 0 Å². The molecule has 0 fully saturated rings. The number of aromatic carboxylic acids is 1. The number of nitrogens with one attached hydrogen (secondary N) is 2. The number of ether oxygens (including phenoxy) is 2. The van der Waals surface area contributed by atoms with Crippen LogP contribution in [-0.4, -0.2) is 45.5 Å². The largest absolute Gasteiger partial charge is 0.476 e. The van der Waals surface area contributed by atoms with Gasteiger partial charge in [-0.1, -0.05) is 0 Å². The Kier molecular flexibility index (Phi) is 3.26. The number of benzene rings is 1. The number of rotatable bonds is 2. The molecule has 0 spiro atoms. The molecule has 1 aromatic carbocycles. The Hall–Kier alpha value is -3.23. The molecule has 0 saturated carbocycles. The topological polar surface area (TPSA) is 117 Å². The number of anilines is 1. The van der Waals surface area contributed by atoms with E-state index in [0.717, 1.165) is 0 Å². The van der Waals surface area contributed by atoms with Gasteiger partial charge in [0.2, 0.25) is 6.79 Å². The predicted octanol–water partition coefficient (Wildman–Crippen LogP) is 1.43. The maximum atomic E-state index is 12.4. The van der Waals surface area contributed by atoms with Gasteiger partial charge in [0.25, 0.3) is 0 Å². The van der Waals surface area contributed by atoms with Gasteiger partial charge in [0, 0.05) is 23.9 Å². The van der Waals surface area contributed by atoms with Crippen LogP contribution in [0.1, 0.15) is 21.7 Å². The minimum atomic E-state index is -1.06. The van der Waals surface area contributed by atoms with Gasteiger partial charge in [-0.2, -0.15) is 5.10 Å². The van der Waals surface area contributed by atoms with Crippen LogP contribution in [0.4, 0.5) is 10.5 Å². The Morgan fingerprint density at radius 3 is 2.96 bits per heavy atom. The second kappa shape index (κ2) is 5.44. The fourth-order valence-corrected chi connectivity index (χ4v) is 2.85. The molecule has 0 radical (unpaired) electrons. The summed E-state index contributed by atoms with van der Waals surface area (Å²) in [6.45, 7) is 0.878. The van der Waals surface area contributed by atoms with E-state index in [1.54, 1.807) is 23.1 Å². The van der Waals surface area contributed by atoms with Crippen molar-refractivity contribution < 1.29 is 24.2 Å². The lowest BCUT2D eigenvalue weighted by molar-refractivity contribution is 0.0689. The molecule has 9 nitrogen and oxygen atoms in total. The standard InChI is InChI=1S/C15H14N4O5/c20-14(21)13-9-3-4-19(6-10(9)17-18-13)15(22)16-8-1-2-11-12(5-8)24-7-23-11/h1-2,5H,3-4,6-7H2,(H,16,22)(H,17,18)(H,20,21). The second-order valence-electron chi connectivity index (χ2n) is 5.50. The van der Waals surface area contributed by atoms with Crippen molar-refractivity contribution in [1.29, 1.82) is 0 Å². The third-order valence-electron chi connectivity index (χ3n) is 4.05. The van der Waals surface area contributed by atoms with Crippen molar-refractivity contribution >= 4 is 17.7 Å². The third kappa shape index (κ3) is 2.39. The average Bonchev–Trinajstić information content (AvgIpc) is 3.20. The average molecular weight is 330 g/mol. The summed E-state index contributed by atoms with van der Waals surface area (Å²) in [6, 6.07) is 4.90. The molecule has 2 aliphatic rings. The SMILES string of the molecule is O=C(O)c1n[nH]c2c1CCN(C(=O)Nc1ccc3c(c1)OCO3)C2. The van der Waals surface area contributed by atoms with Gasteiger partial charge in [-0.05, 0) is 18.6 Å². The first-order valence-electron chi connectivity index (χ1n) is 7.37. The number of H-pyrrole nitrogens is 1. The molecule has 9 heteroatoms. The van der Waals surface area contributed by atoms with Crippen molar-refractivity contribution in [1.82, 2.24) is 15.1 Å². The smallest absolute Gasteiger partial charge is 0.356 e. The molecule has 2 aliphatic heterocycles. The Labute approximate surface area is 136 Å². The van der Waals surface area contributed by atoms with E-state index < -0.39 is 5.97 Å². The van der Waals surface area contributed by atoms with Gasteiger partial charge in [-0.3, -0.25) is 5.10 Å². The summed E-state index contributed by atoms with van der Waals surface area (Å²) in [4.78, 5) is 25.1. The fraction of sp³-hybridized carbons (Fsp3) is 0.267. The number of hydrogen-bond donors (Lipinski definition) is 3. The predicted molar refractivity (Wildman–Crippen MR) is 81.2 cm³/mol. The minimum Gasteiger partial charge on any atom is -0.476 e. The van der Waals surface area contributed by atoms with Crippen LogP contribution in [-0.2, 0) is 13.0 Å². The number of aromatic nitrogens is 2.